The summed E-state index contributed by atoms with van der Waals surface area (Å²) in [6, 6.07) is 6.13. The van der Waals surface area contributed by atoms with Crippen LogP contribution in [-0.4, -0.2) is 30.5 Å². The number of carbonyl (C=O) groups excluding carboxylic acids is 1. The fourth-order valence-electron chi connectivity index (χ4n) is 3.43. The van der Waals surface area contributed by atoms with E-state index in [2.05, 4.69) is 19.9 Å². The Balaban J connectivity index is 1.66. The summed E-state index contributed by atoms with van der Waals surface area (Å²) in [6.45, 7) is 6.97. The SMILES string of the molecule is C[C@@H]1C[C@@H](C)CN(C(=O)/C=C/c2ccc3c(c2)CCO3)C1. The van der Waals surface area contributed by atoms with Gasteiger partial charge in [-0.25, -0.2) is 0 Å². The molecular formula is C18H23NO2. The van der Waals surface area contributed by atoms with Crippen LogP contribution in [0.5, 0.6) is 5.75 Å². The molecule has 2 aliphatic rings. The molecule has 0 aromatic heterocycles. The molecule has 2 aliphatic heterocycles. The van der Waals surface area contributed by atoms with Crippen molar-refractivity contribution in [1.29, 1.82) is 0 Å². The lowest BCUT2D eigenvalue weighted by atomic mass is 9.92. The number of fused-ring (bicyclic) bond motifs is 1. The Labute approximate surface area is 126 Å². The molecule has 0 aliphatic carbocycles. The predicted molar refractivity (Wildman–Crippen MR) is 84.2 cm³/mol. The Bertz CT molecular complexity index is 554. The fourth-order valence-corrected chi connectivity index (χ4v) is 3.43. The number of amides is 1. The molecule has 0 radical (unpaired) electrons. The average Bonchev–Trinajstić information content (AvgIpc) is 2.91. The molecule has 2 heterocycles. The lowest BCUT2D eigenvalue weighted by molar-refractivity contribution is -0.128. The van der Waals surface area contributed by atoms with E-state index in [-0.39, 0.29) is 5.91 Å². The van der Waals surface area contributed by atoms with Crippen molar-refractivity contribution in [3.8, 4) is 5.75 Å². The van der Waals surface area contributed by atoms with Crippen LogP contribution in [0.4, 0.5) is 0 Å². The molecule has 112 valence electrons. The molecule has 0 bridgehead atoms. The van der Waals surface area contributed by atoms with Crippen LogP contribution in [-0.2, 0) is 11.2 Å². The third kappa shape index (κ3) is 3.29. The molecular weight excluding hydrogens is 262 g/mol. The zero-order valence-corrected chi connectivity index (χ0v) is 12.8. The van der Waals surface area contributed by atoms with Crippen molar-refractivity contribution in [2.24, 2.45) is 11.8 Å². The van der Waals surface area contributed by atoms with Crippen LogP contribution in [0, 0.1) is 11.8 Å². The first-order valence-corrected chi connectivity index (χ1v) is 7.84. The molecule has 3 nitrogen and oxygen atoms in total. The van der Waals surface area contributed by atoms with Crippen molar-refractivity contribution < 1.29 is 9.53 Å². The molecule has 1 saturated heterocycles. The summed E-state index contributed by atoms with van der Waals surface area (Å²) >= 11 is 0. The van der Waals surface area contributed by atoms with E-state index in [9.17, 15) is 4.79 Å². The van der Waals surface area contributed by atoms with E-state index in [0.717, 1.165) is 37.4 Å². The highest BCUT2D eigenvalue weighted by atomic mass is 16.5. The Morgan fingerprint density at radius 1 is 1.29 bits per heavy atom. The summed E-state index contributed by atoms with van der Waals surface area (Å²) in [4.78, 5) is 14.3. The monoisotopic (exact) mass is 285 g/mol. The van der Waals surface area contributed by atoms with Crippen molar-refractivity contribution in [3.63, 3.8) is 0 Å². The van der Waals surface area contributed by atoms with Gasteiger partial charge in [-0.3, -0.25) is 4.79 Å². The van der Waals surface area contributed by atoms with E-state index in [0.29, 0.717) is 11.8 Å². The first kappa shape index (κ1) is 14.2. The van der Waals surface area contributed by atoms with Crippen molar-refractivity contribution in [3.05, 3.63) is 35.4 Å². The quantitative estimate of drug-likeness (QED) is 0.781. The van der Waals surface area contributed by atoms with Crippen LogP contribution < -0.4 is 4.74 Å². The van der Waals surface area contributed by atoms with E-state index in [1.807, 2.05) is 23.1 Å². The number of hydrogen-bond acceptors (Lipinski definition) is 2. The first-order chi connectivity index (χ1) is 10.1. The third-order valence-corrected chi connectivity index (χ3v) is 4.31. The van der Waals surface area contributed by atoms with Crippen molar-refractivity contribution in [2.45, 2.75) is 26.7 Å². The summed E-state index contributed by atoms with van der Waals surface area (Å²) in [5.74, 6) is 2.31. The Morgan fingerprint density at radius 2 is 2.05 bits per heavy atom. The van der Waals surface area contributed by atoms with E-state index in [1.54, 1.807) is 6.08 Å². The summed E-state index contributed by atoms with van der Waals surface area (Å²) in [5.41, 5.74) is 2.32. The largest absolute Gasteiger partial charge is 0.493 e. The predicted octanol–water partition coefficient (Wildman–Crippen LogP) is 3.14. The van der Waals surface area contributed by atoms with Crippen LogP contribution in [0.1, 0.15) is 31.4 Å². The zero-order chi connectivity index (χ0) is 14.8. The number of benzene rings is 1. The highest BCUT2D eigenvalue weighted by Gasteiger charge is 2.24. The Morgan fingerprint density at radius 3 is 2.81 bits per heavy atom. The second-order valence-corrected chi connectivity index (χ2v) is 6.49. The molecule has 1 aromatic rings. The van der Waals surface area contributed by atoms with Crippen LogP contribution >= 0.6 is 0 Å². The number of likely N-dealkylation sites (tertiary alicyclic amines) is 1. The molecule has 1 fully saturated rings. The van der Waals surface area contributed by atoms with Crippen LogP contribution in [0.3, 0.4) is 0 Å². The van der Waals surface area contributed by atoms with Crippen molar-refractivity contribution in [2.75, 3.05) is 19.7 Å². The van der Waals surface area contributed by atoms with Crippen LogP contribution in [0.25, 0.3) is 6.08 Å². The molecule has 0 N–H and O–H groups in total. The van der Waals surface area contributed by atoms with Gasteiger partial charge in [0.1, 0.15) is 5.75 Å². The minimum Gasteiger partial charge on any atom is -0.493 e. The van der Waals surface area contributed by atoms with Gasteiger partial charge in [0.05, 0.1) is 6.61 Å². The van der Waals surface area contributed by atoms with Gasteiger partial charge < -0.3 is 9.64 Å². The number of hydrogen-bond donors (Lipinski definition) is 0. The van der Waals surface area contributed by atoms with Crippen molar-refractivity contribution in [1.82, 2.24) is 4.90 Å². The second-order valence-electron chi connectivity index (χ2n) is 6.49. The topological polar surface area (TPSA) is 29.5 Å². The maximum atomic E-state index is 12.3. The molecule has 3 heteroatoms. The maximum Gasteiger partial charge on any atom is 0.246 e. The number of rotatable bonds is 2. The zero-order valence-electron chi connectivity index (χ0n) is 12.8. The van der Waals surface area contributed by atoms with E-state index in [1.165, 1.54) is 12.0 Å². The van der Waals surface area contributed by atoms with Gasteiger partial charge in [0.25, 0.3) is 0 Å². The summed E-state index contributed by atoms with van der Waals surface area (Å²) in [6.07, 6.45) is 5.82. The van der Waals surface area contributed by atoms with Gasteiger partial charge in [-0.15, -0.1) is 0 Å². The molecule has 0 saturated carbocycles. The molecule has 0 unspecified atom stereocenters. The highest BCUT2D eigenvalue weighted by molar-refractivity contribution is 5.91. The lowest BCUT2D eigenvalue weighted by Crippen LogP contribution is -2.41. The van der Waals surface area contributed by atoms with Gasteiger partial charge >= 0.3 is 0 Å². The highest BCUT2D eigenvalue weighted by Crippen LogP contribution is 2.26. The Kier molecular flexibility index (Phi) is 4.00. The van der Waals surface area contributed by atoms with Gasteiger partial charge in [-0.1, -0.05) is 19.9 Å². The molecule has 1 aromatic carbocycles. The second kappa shape index (κ2) is 5.92. The third-order valence-electron chi connectivity index (χ3n) is 4.31. The summed E-state index contributed by atoms with van der Waals surface area (Å²) in [7, 11) is 0. The summed E-state index contributed by atoms with van der Waals surface area (Å²) in [5, 5.41) is 0. The van der Waals surface area contributed by atoms with E-state index in [4.69, 9.17) is 4.74 Å². The lowest BCUT2D eigenvalue weighted by Gasteiger charge is -2.34. The number of piperidine rings is 1. The maximum absolute atomic E-state index is 12.3. The van der Waals surface area contributed by atoms with Gasteiger partial charge in [0.2, 0.25) is 5.91 Å². The normalized spacial score (nSPS) is 25.0. The Hall–Kier alpha value is -1.77. The molecule has 3 rings (SSSR count). The fraction of sp³-hybridized carbons (Fsp3) is 0.500. The van der Waals surface area contributed by atoms with E-state index >= 15 is 0 Å². The molecule has 1 amide bonds. The van der Waals surface area contributed by atoms with Crippen molar-refractivity contribution >= 4 is 12.0 Å². The standard InChI is InChI=1S/C18H23NO2/c1-13-9-14(2)12-19(11-13)18(20)6-4-15-3-5-17-16(10-15)7-8-21-17/h3-6,10,13-14H,7-9,11-12H2,1-2H3/b6-4+/t13-,14-/m1/s1. The number of ether oxygens (including phenoxy) is 1. The minimum absolute atomic E-state index is 0.130. The minimum atomic E-state index is 0.130. The van der Waals surface area contributed by atoms with Gasteiger partial charge in [-0.05, 0) is 47.6 Å². The van der Waals surface area contributed by atoms with E-state index < -0.39 is 0 Å². The average molecular weight is 285 g/mol. The smallest absolute Gasteiger partial charge is 0.246 e. The number of carbonyl (C=O) groups is 1. The number of nitrogens with zero attached hydrogens (tertiary/aromatic N) is 1. The van der Waals surface area contributed by atoms with Gasteiger partial charge in [0.15, 0.2) is 0 Å². The summed E-state index contributed by atoms with van der Waals surface area (Å²) < 4.78 is 5.50. The first-order valence-electron chi connectivity index (χ1n) is 7.84. The van der Waals surface area contributed by atoms with Gasteiger partial charge in [-0.2, -0.15) is 0 Å². The van der Waals surface area contributed by atoms with Crippen LogP contribution in [0.15, 0.2) is 24.3 Å². The molecule has 0 spiro atoms. The van der Waals surface area contributed by atoms with Crippen LogP contribution in [0.2, 0.25) is 0 Å². The molecule has 21 heavy (non-hydrogen) atoms. The van der Waals surface area contributed by atoms with Gasteiger partial charge in [0, 0.05) is 25.6 Å². The molecule has 2 atom stereocenters.